The van der Waals surface area contributed by atoms with Crippen LogP contribution in [0.3, 0.4) is 0 Å². The molecule has 1 aromatic rings. The van der Waals surface area contributed by atoms with E-state index in [9.17, 15) is 0 Å². The zero-order valence-electron chi connectivity index (χ0n) is 10.8. The first-order valence-electron chi connectivity index (χ1n) is 6.29. The van der Waals surface area contributed by atoms with Gasteiger partial charge in [0, 0.05) is 19.6 Å². The van der Waals surface area contributed by atoms with Crippen molar-refractivity contribution < 1.29 is 0 Å². The van der Waals surface area contributed by atoms with Crippen molar-refractivity contribution in [3.8, 4) is 0 Å². The fraction of sp³-hybridized carbons (Fsp3) is 0.571. The molecular formula is C14H21ClN2. The lowest BCUT2D eigenvalue weighted by atomic mass is 10.1. The van der Waals surface area contributed by atoms with Crippen LogP contribution in [0.4, 0.5) is 5.69 Å². The van der Waals surface area contributed by atoms with Crippen molar-refractivity contribution in [2.45, 2.75) is 25.8 Å². The van der Waals surface area contributed by atoms with Gasteiger partial charge in [-0.1, -0.05) is 17.7 Å². The van der Waals surface area contributed by atoms with Crippen LogP contribution in [-0.2, 0) is 0 Å². The molecule has 3 heteroatoms. The van der Waals surface area contributed by atoms with Gasteiger partial charge in [0.25, 0.3) is 0 Å². The van der Waals surface area contributed by atoms with Gasteiger partial charge in [-0.15, -0.1) is 0 Å². The summed E-state index contributed by atoms with van der Waals surface area (Å²) in [6.45, 7) is 3.26. The van der Waals surface area contributed by atoms with E-state index in [1.165, 1.54) is 18.4 Å². The third kappa shape index (κ3) is 3.14. The van der Waals surface area contributed by atoms with Gasteiger partial charge in [-0.3, -0.25) is 0 Å². The van der Waals surface area contributed by atoms with Gasteiger partial charge in [0.05, 0.1) is 10.7 Å². The van der Waals surface area contributed by atoms with Crippen LogP contribution >= 0.6 is 11.6 Å². The predicted molar refractivity (Wildman–Crippen MR) is 74.9 cm³/mol. The minimum absolute atomic E-state index is 0.343. The predicted octanol–water partition coefficient (Wildman–Crippen LogP) is 3.47. The van der Waals surface area contributed by atoms with E-state index in [-0.39, 0.29) is 0 Å². The largest absolute Gasteiger partial charge is 0.373 e. The van der Waals surface area contributed by atoms with Crippen molar-refractivity contribution in [3.05, 3.63) is 28.8 Å². The highest BCUT2D eigenvalue weighted by atomic mass is 35.5. The maximum atomic E-state index is 6.36. The zero-order chi connectivity index (χ0) is 12.4. The molecule has 0 aliphatic heterocycles. The normalized spacial score (nSPS) is 16.9. The minimum Gasteiger partial charge on any atom is -0.373 e. The van der Waals surface area contributed by atoms with Crippen LogP contribution < -0.4 is 10.2 Å². The standard InChI is InChI=1S/C14H21ClN2/c1-10(16-2)12-6-7-14(13(15)8-12)17(3)9-11-4-5-11/h6-8,10-11,16H,4-5,9H2,1-3H3. The fourth-order valence-electron chi connectivity index (χ4n) is 2.05. The molecule has 17 heavy (non-hydrogen) atoms. The Labute approximate surface area is 109 Å². The van der Waals surface area contributed by atoms with Gasteiger partial charge in [-0.05, 0) is 50.4 Å². The number of hydrogen-bond acceptors (Lipinski definition) is 2. The van der Waals surface area contributed by atoms with Crippen LogP contribution in [0.5, 0.6) is 0 Å². The monoisotopic (exact) mass is 252 g/mol. The topological polar surface area (TPSA) is 15.3 Å². The average Bonchev–Trinajstić information content (AvgIpc) is 3.11. The summed E-state index contributed by atoms with van der Waals surface area (Å²) in [5, 5.41) is 4.08. The summed E-state index contributed by atoms with van der Waals surface area (Å²) in [5.74, 6) is 0.881. The molecule has 1 unspecified atom stereocenters. The molecule has 1 saturated carbocycles. The molecule has 0 radical (unpaired) electrons. The lowest BCUT2D eigenvalue weighted by molar-refractivity contribution is 0.652. The van der Waals surface area contributed by atoms with Crippen molar-refractivity contribution in [2.75, 3.05) is 25.5 Å². The number of benzene rings is 1. The molecule has 94 valence electrons. The molecule has 1 atom stereocenters. The SMILES string of the molecule is CNC(C)c1ccc(N(C)CC2CC2)c(Cl)c1. The van der Waals surface area contributed by atoms with E-state index in [1.54, 1.807) is 0 Å². The molecule has 0 bridgehead atoms. The molecular weight excluding hydrogens is 232 g/mol. The van der Waals surface area contributed by atoms with Crippen LogP contribution in [0.15, 0.2) is 18.2 Å². The smallest absolute Gasteiger partial charge is 0.0642 e. The highest BCUT2D eigenvalue weighted by Gasteiger charge is 2.23. The molecule has 1 aliphatic rings. The van der Waals surface area contributed by atoms with E-state index in [1.807, 2.05) is 7.05 Å². The summed E-state index contributed by atoms with van der Waals surface area (Å²) in [6, 6.07) is 6.71. The summed E-state index contributed by atoms with van der Waals surface area (Å²) in [6.07, 6.45) is 2.74. The van der Waals surface area contributed by atoms with Crippen LogP contribution in [0.25, 0.3) is 0 Å². The van der Waals surface area contributed by atoms with Crippen molar-refractivity contribution >= 4 is 17.3 Å². The number of hydrogen-bond donors (Lipinski definition) is 1. The molecule has 1 fully saturated rings. The molecule has 0 aromatic heterocycles. The Morgan fingerprint density at radius 1 is 1.47 bits per heavy atom. The lowest BCUT2D eigenvalue weighted by Crippen LogP contribution is -2.20. The highest BCUT2D eigenvalue weighted by molar-refractivity contribution is 6.33. The minimum atomic E-state index is 0.343. The second-order valence-corrected chi connectivity index (χ2v) is 5.45. The average molecular weight is 253 g/mol. The molecule has 2 rings (SSSR count). The number of anilines is 1. The molecule has 0 amide bonds. The first-order chi connectivity index (χ1) is 8.11. The van der Waals surface area contributed by atoms with Crippen LogP contribution in [-0.4, -0.2) is 20.6 Å². The number of rotatable bonds is 5. The van der Waals surface area contributed by atoms with E-state index in [0.29, 0.717) is 6.04 Å². The number of nitrogens with one attached hydrogen (secondary N) is 1. The molecule has 0 heterocycles. The van der Waals surface area contributed by atoms with E-state index < -0.39 is 0 Å². The molecule has 1 aliphatic carbocycles. The summed E-state index contributed by atoms with van der Waals surface area (Å²) in [4.78, 5) is 2.27. The Morgan fingerprint density at radius 2 is 2.18 bits per heavy atom. The van der Waals surface area contributed by atoms with Gasteiger partial charge < -0.3 is 10.2 Å². The molecule has 2 nitrogen and oxygen atoms in total. The van der Waals surface area contributed by atoms with E-state index in [4.69, 9.17) is 11.6 Å². The Balaban J connectivity index is 2.12. The Hall–Kier alpha value is -0.730. The van der Waals surface area contributed by atoms with Crippen molar-refractivity contribution in [3.63, 3.8) is 0 Å². The van der Waals surface area contributed by atoms with Gasteiger partial charge in [-0.2, -0.15) is 0 Å². The quantitative estimate of drug-likeness (QED) is 0.863. The molecule has 0 saturated heterocycles. The second kappa shape index (κ2) is 5.28. The first-order valence-corrected chi connectivity index (χ1v) is 6.67. The van der Waals surface area contributed by atoms with E-state index >= 15 is 0 Å². The van der Waals surface area contributed by atoms with E-state index in [0.717, 1.165) is 23.2 Å². The Morgan fingerprint density at radius 3 is 2.71 bits per heavy atom. The van der Waals surface area contributed by atoms with Gasteiger partial charge in [0.15, 0.2) is 0 Å². The lowest BCUT2D eigenvalue weighted by Gasteiger charge is -2.21. The van der Waals surface area contributed by atoms with Gasteiger partial charge in [-0.25, -0.2) is 0 Å². The van der Waals surface area contributed by atoms with Crippen LogP contribution in [0.1, 0.15) is 31.4 Å². The van der Waals surface area contributed by atoms with Crippen molar-refractivity contribution in [1.29, 1.82) is 0 Å². The summed E-state index contributed by atoms with van der Waals surface area (Å²) in [5.41, 5.74) is 2.38. The van der Waals surface area contributed by atoms with Crippen LogP contribution in [0.2, 0.25) is 5.02 Å². The third-order valence-electron chi connectivity index (χ3n) is 3.54. The maximum absolute atomic E-state index is 6.36. The summed E-state index contributed by atoms with van der Waals surface area (Å²) < 4.78 is 0. The van der Waals surface area contributed by atoms with Crippen molar-refractivity contribution in [2.24, 2.45) is 5.92 Å². The van der Waals surface area contributed by atoms with E-state index in [2.05, 4.69) is 42.4 Å². The van der Waals surface area contributed by atoms with Gasteiger partial charge in [0.2, 0.25) is 0 Å². The third-order valence-corrected chi connectivity index (χ3v) is 3.85. The summed E-state index contributed by atoms with van der Waals surface area (Å²) in [7, 11) is 4.09. The zero-order valence-corrected chi connectivity index (χ0v) is 11.6. The second-order valence-electron chi connectivity index (χ2n) is 5.05. The fourth-order valence-corrected chi connectivity index (χ4v) is 2.39. The van der Waals surface area contributed by atoms with Crippen molar-refractivity contribution in [1.82, 2.24) is 5.32 Å². The molecule has 1 N–H and O–H groups in total. The molecule has 1 aromatic carbocycles. The van der Waals surface area contributed by atoms with Gasteiger partial charge >= 0.3 is 0 Å². The first kappa shape index (κ1) is 12.7. The number of nitrogens with zero attached hydrogens (tertiary/aromatic N) is 1. The summed E-state index contributed by atoms with van der Waals surface area (Å²) >= 11 is 6.36. The maximum Gasteiger partial charge on any atom is 0.0642 e. The Bertz CT molecular complexity index is 388. The Kier molecular flexibility index (Phi) is 3.95. The van der Waals surface area contributed by atoms with Gasteiger partial charge in [0.1, 0.15) is 0 Å². The number of halogens is 1. The highest BCUT2D eigenvalue weighted by Crippen LogP contribution is 2.33. The molecule has 0 spiro atoms. The van der Waals surface area contributed by atoms with Crippen LogP contribution in [0, 0.1) is 5.92 Å².